The van der Waals surface area contributed by atoms with Crippen molar-refractivity contribution in [3.05, 3.63) is 42.5 Å². The van der Waals surface area contributed by atoms with E-state index in [1.165, 1.54) is 24.3 Å². The number of ether oxygens (including phenoxy) is 4. The monoisotopic (exact) mass is 433 g/mol. The molecule has 0 spiro atoms. The molecule has 0 aromatic heterocycles. The van der Waals surface area contributed by atoms with E-state index < -0.39 is 12.1 Å². The van der Waals surface area contributed by atoms with Crippen LogP contribution in [-0.2, 0) is 17.4 Å². The van der Waals surface area contributed by atoms with E-state index in [1.54, 1.807) is 6.07 Å². The van der Waals surface area contributed by atoms with Gasteiger partial charge in [0.05, 0.1) is 19.8 Å². The second kappa shape index (κ2) is 12.1. The van der Waals surface area contributed by atoms with Gasteiger partial charge in [-0.25, -0.2) is 4.79 Å². The van der Waals surface area contributed by atoms with Crippen LogP contribution in [0.2, 0.25) is 0 Å². The first-order valence-corrected chi connectivity index (χ1v) is 9.34. The number of carbonyl (C=O) groups is 1. The van der Waals surface area contributed by atoms with Crippen molar-refractivity contribution in [2.45, 2.75) is 31.8 Å². The highest BCUT2D eigenvalue weighted by Gasteiger charge is 2.41. The first-order valence-electron chi connectivity index (χ1n) is 8.84. The van der Waals surface area contributed by atoms with Crippen LogP contribution in [0.1, 0.15) is 20.8 Å². The molecule has 2 rings (SSSR count). The van der Waals surface area contributed by atoms with Gasteiger partial charge >= 0.3 is 12.1 Å². The molecular formula is C20H24F3O5S+. The van der Waals surface area contributed by atoms with Crippen molar-refractivity contribution in [2.75, 3.05) is 19.8 Å². The summed E-state index contributed by atoms with van der Waals surface area (Å²) in [6.45, 7) is 7.68. The molecule has 0 N–H and O–H groups in total. The molecule has 0 amide bonds. The number of esters is 1. The Bertz CT molecular complexity index is 739. The van der Waals surface area contributed by atoms with E-state index >= 15 is 0 Å². The normalized spacial score (nSPS) is 10.4. The molecule has 2 aromatic rings. The molecule has 0 atom stereocenters. The van der Waals surface area contributed by atoms with Gasteiger partial charge in [-0.15, -0.1) is 0 Å². The molecule has 2 aromatic carbocycles. The van der Waals surface area contributed by atoms with Crippen molar-refractivity contribution in [3.63, 3.8) is 0 Å². The van der Waals surface area contributed by atoms with Crippen molar-refractivity contribution < 1.29 is 36.9 Å². The lowest BCUT2D eigenvalue weighted by Crippen LogP contribution is -2.27. The summed E-state index contributed by atoms with van der Waals surface area (Å²) in [5.41, 5.74) is 0. The SMILES string of the molecule is CCOc1cc(OCC)c([SH2+])c(OCC)c1.O=C(Oc1ccccc1)C(F)(F)F. The van der Waals surface area contributed by atoms with E-state index in [4.69, 9.17) is 14.2 Å². The highest BCUT2D eigenvalue weighted by Crippen LogP contribution is 2.34. The summed E-state index contributed by atoms with van der Waals surface area (Å²) < 4.78 is 55.5. The number of halogens is 3. The van der Waals surface area contributed by atoms with Gasteiger partial charge in [-0.2, -0.15) is 13.2 Å². The Morgan fingerprint density at radius 1 is 0.862 bits per heavy atom. The van der Waals surface area contributed by atoms with Gasteiger partial charge in [0.1, 0.15) is 11.5 Å². The third-order valence-electron chi connectivity index (χ3n) is 3.14. The number of alkyl halides is 3. The molecule has 0 fully saturated rings. The number of benzene rings is 2. The maximum Gasteiger partial charge on any atom is 0.491 e. The standard InChI is InChI=1S/C12H18O3S.C8H5F3O2/c1-4-13-9-7-10(14-5-2)12(16)11(8-9)15-6-3;9-8(10,11)7(12)13-6-4-2-1-3-5-6/h7-8,16H,4-6H2,1-3H3;1-5H/p+1. The molecule has 0 radical (unpaired) electrons. The highest BCUT2D eigenvalue weighted by molar-refractivity contribution is 7.59. The second-order valence-corrected chi connectivity index (χ2v) is 5.79. The average Bonchev–Trinajstić information content (AvgIpc) is 2.66. The zero-order chi connectivity index (χ0) is 21.9. The molecule has 0 saturated carbocycles. The third kappa shape index (κ3) is 8.55. The molecule has 5 nitrogen and oxygen atoms in total. The van der Waals surface area contributed by atoms with Gasteiger partial charge in [0.15, 0.2) is 11.5 Å². The molecule has 0 aliphatic heterocycles. The fourth-order valence-corrected chi connectivity index (χ4v) is 2.30. The molecule has 0 saturated heterocycles. The number of hydrogen-bond donors (Lipinski definition) is 0. The maximum absolute atomic E-state index is 11.7. The fourth-order valence-electron chi connectivity index (χ4n) is 2.01. The first-order chi connectivity index (χ1) is 13.7. The molecule has 9 heteroatoms. The van der Waals surface area contributed by atoms with Gasteiger partial charge in [-0.1, -0.05) is 18.2 Å². The van der Waals surface area contributed by atoms with E-state index in [0.717, 1.165) is 22.1 Å². The lowest BCUT2D eigenvalue weighted by molar-refractivity contribution is -0.189. The average molecular weight is 433 g/mol. The van der Waals surface area contributed by atoms with E-state index in [9.17, 15) is 18.0 Å². The van der Waals surface area contributed by atoms with Crippen LogP contribution >= 0.6 is 0 Å². The molecule has 29 heavy (non-hydrogen) atoms. The molecule has 0 unspecified atom stereocenters. The van der Waals surface area contributed by atoms with Gasteiger partial charge < -0.3 is 18.9 Å². The second-order valence-electron chi connectivity index (χ2n) is 5.29. The number of hydrogen-bond acceptors (Lipinski definition) is 5. The first kappa shape index (κ1) is 24.5. The Labute approximate surface area is 173 Å². The molecule has 0 heterocycles. The molecule has 160 valence electrons. The summed E-state index contributed by atoms with van der Waals surface area (Å²) in [5, 5.41) is 0. The number of carbonyl (C=O) groups excluding carboxylic acids is 1. The summed E-state index contributed by atoms with van der Waals surface area (Å²) in [5.74, 6) is -0.0814. The lowest BCUT2D eigenvalue weighted by Gasteiger charge is -2.11. The molecule has 0 bridgehead atoms. The zero-order valence-electron chi connectivity index (χ0n) is 16.3. The molecule has 0 aliphatic carbocycles. The van der Waals surface area contributed by atoms with Crippen LogP contribution in [0.15, 0.2) is 47.4 Å². The van der Waals surface area contributed by atoms with Crippen LogP contribution in [0.4, 0.5) is 13.2 Å². The predicted molar refractivity (Wildman–Crippen MR) is 107 cm³/mol. The van der Waals surface area contributed by atoms with Crippen LogP contribution in [0.5, 0.6) is 23.0 Å². The van der Waals surface area contributed by atoms with Crippen LogP contribution in [0, 0.1) is 0 Å². The van der Waals surface area contributed by atoms with E-state index in [0.29, 0.717) is 19.8 Å². The minimum absolute atomic E-state index is 0.121. The summed E-state index contributed by atoms with van der Waals surface area (Å²) in [6, 6.07) is 10.8. The summed E-state index contributed by atoms with van der Waals surface area (Å²) in [7, 11) is 0. The van der Waals surface area contributed by atoms with Gasteiger partial charge in [0.2, 0.25) is 4.90 Å². The van der Waals surface area contributed by atoms with Gasteiger partial charge in [0, 0.05) is 24.8 Å². The number of rotatable bonds is 7. The number of para-hydroxylation sites is 1. The van der Waals surface area contributed by atoms with Crippen LogP contribution < -0.4 is 18.9 Å². The lowest BCUT2D eigenvalue weighted by atomic mass is 10.3. The van der Waals surface area contributed by atoms with Crippen LogP contribution in [0.3, 0.4) is 0 Å². The predicted octanol–water partition coefficient (Wildman–Crippen LogP) is 4.41. The van der Waals surface area contributed by atoms with Crippen molar-refractivity contribution in [2.24, 2.45) is 0 Å². The zero-order valence-corrected chi connectivity index (χ0v) is 17.3. The Morgan fingerprint density at radius 3 is 1.76 bits per heavy atom. The minimum Gasteiger partial charge on any atom is -0.494 e. The van der Waals surface area contributed by atoms with Gasteiger partial charge in [0.25, 0.3) is 0 Å². The van der Waals surface area contributed by atoms with Gasteiger partial charge in [-0.05, 0) is 32.9 Å². The van der Waals surface area contributed by atoms with Crippen molar-refractivity contribution >= 4 is 18.6 Å². The smallest absolute Gasteiger partial charge is 0.491 e. The Hall–Kier alpha value is -2.55. The minimum atomic E-state index is -4.95. The molecule has 0 aliphatic rings. The topological polar surface area (TPSA) is 54.0 Å². The van der Waals surface area contributed by atoms with Crippen molar-refractivity contribution in [1.82, 2.24) is 0 Å². The van der Waals surface area contributed by atoms with Crippen LogP contribution in [0.25, 0.3) is 0 Å². The Kier molecular flexibility index (Phi) is 10.2. The highest BCUT2D eigenvalue weighted by atomic mass is 32.1. The molecular weight excluding hydrogens is 409 g/mol. The van der Waals surface area contributed by atoms with E-state index in [1.807, 2.05) is 32.9 Å². The quantitative estimate of drug-likeness (QED) is 0.368. The summed E-state index contributed by atoms with van der Waals surface area (Å²) in [4.78, 5) is 11.1. The van der Waals surface area contributed by atoms with Gasteiger partial charge in [-0.3, -0.25) is 0 Å². The van der Waals surface area contributed by atoms with Crippen molar-refractivity contribution in [3.8, 4) is 23.0 Å². The van der Waals surface area contributed by atoms with Crippen LogP contribution in [-0.4, -0.2) is 32.0 Å². The van der Waals surface area contributed by atoms with E-state index in [-0.39, 0.29) is 5.75 Å². The van der Waals surface area contributed by atoms with E-state index in [2.05, 4.69) is 17.4 Å². The maximum atomic E-state index is 11.7. The van der Waals surface area contributed by atoms with Crippen molar-refractivity contribution in [1.29, 1.82) is 0 Å². The summed E-state index contributed by atoms with van der Waals surface area (Å²) in [6.07, 6.45) is -4.95. The summed E-state index contributed by atoms with van der Waals surface area (Å²) >= 11 is 3.52. The Balaban J connectivity index is 0.000000296. The third-order valence-corrected chi connectivity index (χ3v) is 3.63. The Morgan fingerprint density at radius 2 is 1.34 bits per heavy atom. The fraction of sp³-hybridized carbons (Fsp3) is 0.350. The largest absolute Gasteiger partial charge is 0.494 e.